The molecule has 11 heteroatoms. The van der Waals surface area contributed by atoms with E-state index < -0.39 is 48.4 Å². The number of fused-ring (bicyclic) bond motifs is 1. The topological polar surface area (TPSA) is 130 Å². The van der Waals surface area contributed by atoms with Crippen molar-refractivity contribution in [3.63, 3.8) is 0 Å². The maximum Gasteiger partial charge on any atom is 0.160 e. The number of hydroxylamine groups is 1. The van der Waals surface area contributed by atoms with Gasteiger partial charge in [0.25, 0.3) is 0 Å². The van der Waals surface area contributed by atoms with E-state index >= 15 is 0 Å². The van der Waals surface area contributed by atoms with Gasteiger partial charge in [-0.1, -0.05) is 12.1 Å². The van der Waals surface area contributed by atoms with E-state index in [2.05, 4.69) is 10.3 Å². The Labute approximate surface area is 158 Å². The monoisotopic (exact) mass is 398 g/mol. The molecule has 7 atom stereocenters. The molecule has 9 nitrogen and oxygen atoms in total. The van der Waals surface area contributed by atoms with E-state index in [1.165, 1.54) is 6.07 Å². The fourth-order valence-corrected chi connectivity index (χ4v) is 3.81. The molecule has 3 aliphatic heterocycles. The third kappa shape index (κ3) is 3.05. The first kappa shape index (κ1) is 19.2. The number of hydrogen-bond donors (Lipinski definition) is 6. The lowest BCUT2D eigenvalue weighted by Gasteiger charge is -2.37. The van der Waals surface area contributed by atoms with Crippen molar-refractivity contribution in [1.82, 2.24) is 15.7 Å². The first-order valence-electron chi connectivity index (χ1n) is 8.70. The molecule has 4 rings (SSSR count). The summed E-state index contributed by atoms with van der Waals surface area (Å²) in [6.45, 7) is 0.217. The summed E-state index contributed by atoms with van der Waals surface area (Å²) in [6, 6.07) is 2.87. The lowest BCUT2D eigenvalue weighted by molar-refractivity contribution is -0.114. The Kier molecular flexibility index (Phi) is 5.04. The number of rotatable bonds is 3. The highest BCUT2D eigenvalue weighted by Crippen LogP contribution is 2.36. The van der Waals surface area contributed by atoms with Gasteiger partial charge in [-0.15, -0.1) is 0 Å². The third-order valence-electron chi connectivity index (χ3n) is 5.27. The number of nitrogens with one attached hydrogen (secondary N) is 2. The second-order valence-electron chi connectivity index (χ2n) is 6.87. The standard InChI is InChI=1S/C17H20F2N4O5/c18-9-2-1-7(5-10(9)19)11(24)14-12(25)13(26)17(28-14)23-4-3-8-15(22-27)20-6-21-16(8)23/h1-5,8,11-14,16-17,21,24-27H,6H2,(H,20,22)/t8?,11-,12+,13-,14-,16?,17-/m1/s1. The first-order valence-corrected chi connectivity index (χ1v) is 8.70. The van der Waals surface area contributed by atoms with Crippen molar-refractivity contribution < 1.29 is 34.0 Å². The van der Waals surface area contributed by atoms with Gasteiger partial charge in [0.2, 0.25) is 0 Å². The highest BCUT2D eigenvalue weighted by Gasteiger charge is 2.51. The summed E-state index contributed by atoms with van der Waals surface area (Å²) in [7, 11) is 0. The van der Waals surface area contributed by atoms with Crippen molar-refractivity contribution in [2.45, 2.75) is 36.8 Å². The van der Waals surface area contributed by atoms with Crippen LogP contribution in [0.15, 0.2) is 35.5 Å². The van der Waals surface area contributed by atoms with Crippen LogP contribution < -0.4 is 10.8 Å². The van der Waals surface area contributed by atoms with Crippen LogP contribution >= 0.6 is 0 Å². The van der Waals surface area contributed by atoms with Crippen molar-refractivity contribution >= 4 is 5.84 Å². The van der Waals surface area contributed by atoms with Crippen LogP contribution in [-0.2, 0) is 4.74 Å². The molecule has 0 radical (unpaired) electrons. The van der Waals surface area contributed by atoms with Crippen molar-refractivity contribution in [3.05, 3.63) is 47.7 Å². The van der Waals surface area contributed by atoms with Crippen molar-refractivity contribution in [3.8, 4) is 0 Å². The van der Waals surface area contributed by atoms with Gasteiger partial charge in [0.1, 0.15) is 30.3 Å². The summed E-state index contributed by atoms with van der Waals surface area (Å²) in [5.41, 5.74) is 2.05. The molecule has 0 bridgehead atoms. The summed E-state index contributed by atoms with van der Waals surface area (Å²) >= 11 is 0. The number of aliphatic hydroxyl groups is 3. The van der Waals surface area contributed by atoms with Gasteiger partial charge in [-0.05, 0) is 17.7 Å². The zero-order valence-corrected chi connectivity index (χ0v) is 14.5. The van der Waals surface area contributed by atoms with Crippen LogP contribution in [0.4, 0.5) is 8.78 Å². The molecule has 1 aromatic rings. The number of aliphatic hydroxyl groups excluding tert-OH is 3. The average molecular weight is 398 g/mol. The van der Waals surface area contributed by atoms with Crippen LogP contribution in [-0.4, -0.2) is 68.6 Å². The van der Waals surface area contributed by atoms with Gasteiger partial charge in [-0.3, -0.25) is 21.0 Å². The fraction of sp³-hybridized carbons (Fsp3) is 0.471. The predicted molar refractivity (Wildman–Crippen MR) is 90.6 cm³/mol. The van der Waals surface area contributed by atoms with E-state index in [-0.39, 0.29) is 18.2 Å². The second-order valence-corrected chi connectivity index (χ2v) is 6.87. The number of ether oxygens (including phenoxy) is 1. The van der Waals surface area contributed by atoms with Crippen LogP contribution in [0.2, 0.25) is 0 Å². The summed E-state index contributed by atoms with van der Waals surface area (Å²) in [4.78, 5) is 5.71. The second kappa shape index (κ2) is 7.35. The Balaban J connectivity index is 1.53. The summed E-state index contributed by atoms with van der Waals surface area (Å²) in [5, 5.41) is 43.7. The Morgan fingerprint density at radius 3 is 2.75 bits per heavy atom. The summed E-state index contributed by atoms with van der Waals surface area (Å²) < 4.78 is 32.3. The number of halogens is 2. The van der Waals surface area contributed by atoms with Crippen LogP contribution in [0.25, 0.3) is 0 Å². The zero-order chi connectivity index (χ0) is 20.0. The van der Waals surface area contributed by atoms with E-state index in [1.54, 1.807) is 17.2 Å². The highest BCUT2D eigenvalue weighted by atomic mass is 19.2. The molecule has 0 aromatic heterocycles. The normalized spacial score (nSPS) is 35.6. The molecule has 3 heterocycles. The smallest absolute Gasteiger partial charge is 0.160 e. The molecule has 0 aliphatic carbocycles. The van der Waals surface area contributed by atoms with Crippen LogP contribution in [0.3, 0.4) is 0 Å². The van der Waals surface area contributed by atoms with Crippen molar-refractivity contribution in [2.24, 2.45) is 10.9 Å². The van der Waals surface area contributed by atoms with Gasteiger partial charge >= 0.3 is 0 Å². The maximum absolute atomic E-state index is 13.5. The Hall–Kier alpha value is -2.15. The van der Waals surface area contributed by atoms with Crippen molar-refractivity contribution in [2.75, 3.05) is 6.67 Å². The largest absolute Gasteiger partial charge is 0.387 e. The average Bonchev–Trinajstić information content (AvgIpc) is 3.25. The fourth-order valence-electron chi connectivity index (χ4n) is 3.81. The minimum absolute atomic E-state index is 0.0142. The molecule has 28 heavy (non-hydrogen) atoms. The minimum Gasteiger partial charge on any atom is -0.387 e. The van der Waals surface area contributed by atoms with Gasteiger partial charge < -0.3 is 25.0 Å². The Morgan fingerprint density at radius 1 is 1.25 bits per heavy atom. The number of aliphatic imine (C=N–C) groups is 1. The Morgan fingerprint density at radius 2 is 2.04 bits per heavy atom. The van der Waals surface area contributed by atoms with Crippen LogP contribution in [0, 0.1) is 17.6 Å². The van der Waals surface area contributed by atoms with E-state index in [9.17, 15) is 29.3 Å². The van der Waals surface area contributed by atoms with E-state index in [0.29, 0.717) is 5.84 Å². The van der Waals surface area contributed by atoms with Gasteiger partial charge in [0.05, 0.1) is 18.8 Å². The molecular weight excluding hydrogens is 378 g/mol. The molecule has 0 spiro atoms. The molecular formula is C17H20F2N4O5. The predicted octanol–water partition coefficient (Wildman–Crippen LogP) is -0.845. The summed E-state index contributed by atoms with van der Waals surface area (Å²) in [5.74, 6) is -2.19. The molecule has 3 aliphatic rings. The molecule has 1 saturated heterocycles. The van der Waals surface area contributed by atoms with Gasteiger partial charge in [0.15, 0.2) is 17.9 Å². The molecule has 6 N–H and O–H groups in total. The highest BCUT2D eigenvalue weighted by molar-refractivity contribution is 5.86. The molecule has 1 fully saturated rings. The molecule has 0 amide bonds. The number of benzene rings is 1. The van der Waals surface area contributed by atoms with E-state index in [4.69, 9.17) is 4.74 Å². The van der Waals surface area contributed by atoms with E-state index in [0.717, 1.165) is 12.1 Å². The number of amidine groups is 1. The number of nitrogens with zero attached hydrogens (tertiary/aromatic N) is 2. The van der Waals surface area contributed by atoms with E-state index in [1.807, 2.05) is 5.48 Å². The minimum atomic E-state index is -1.48. The van der Waals surface area contributed by atoms with Gasteiger partial charge in [-0.25, -0.2) is 8.78 Å². The SMILES string of the molecule is ONC1=NCNC2C1C=CN2[C@@H]1O[C@H]([C@H](O)c2ccc(F)c(F)c2)[C@@H](O)[C@H]1O. The van der Waals surface area contributed by atoms with Crippen LogP contribution in [0.5, 0.6) is 0 Å². The molecule has 1 aromatic carbocycles. The lowest BCUT2D eigenvalue weighted by Crippen LogP contribution is -2.56. The summed E-state index contributed by atoms with van der Waals surface area (Å²) in [6.07, 6.45) is -3.64. The lowest BCUT2D eigenvalue weighted by atomic mass is 9.99. The number of hydrogen-bond acceptors (Lipinski definition) is 9. The molecule has 0 saturated carbocycles. The third-order valence-corrected chi connectivity index (χ3v) is 5.27. The maximum atomic E-state index is 13.5. The Bertz CT molecular complexity index is 810. The van der Waals surface area contributed by atoms with Gasteiger partial charge in [0, 0.05) is 6.20 Å². The zero-order valence-electron chi connectivity index (χ0n) is 14.5. The molecule has 2 unspecified atom stereocenters. The first-order chi connectivity index (χ1) is 13.4. The van der Waals surface area contributed by atoms with Crippen molar-refractivity contribution in [1.29, 1.82) is 0 Å². The quantitative estimate of drug-likeness (QED) is 0.364. The van der Waals surface area contributed by atoms with Gasteiger partial charge in [-0.2, -0.15) is 0 Å². The molecule has 152 valence electrons. The van der Waals surface area contributed by atoms with Crippen LogP contribution in [0.1, 0.15) is 11.7 Å².